The van der Waals surface area contributed by atoms with Gasteiger partial charge in [0, 0.05) is 3.57 Å². The molecule has 0 bridgehead atoms. The SMILES string of the molecule is Cc1ccccc1S(=O)(=O)Nc1cc(I)ccc1Cl. The highest BCUT2D eigenvalue weighted by atomic mass is 127. The molecule has 0 saturated heterocycles. The first-order valence-corrected chi connectivity index (χ1v) is 8.37. The van der Waals surface area contributed by atoms with Crippen LogP contribution >= 0.6 is 34.2 Å². The van der Waals surface area contributed by atoms with E-state index in [0.29, 0.717) is 16.3 Å². The Hall–Kier alpha value is -0.790. The normalized spacial score (nSPS) is 11.3. The minimum Gasteiger partial charge on any atom is -0.278 e. The lowest BCUT2D eigenvalue weighted by molar-refractivity contribution is 0.600. The van der Waals surface area contributed by atoms with Crippen LogP contribution in [0.2, 0.25) is 5.02 Å². The van der Waals surface area contributed by atoms with E-state index >= 15 is 0 Å². The molecule has 2 rings (SSSR count). The van der Waals surface area contributed by atoms with E-state index in [0.717, 1.165) is 3.57 Å². The number of aryl methyl sites for hydroxylation is 1. The number of rotatable bonds is 3. The van der Waals surface area contributed by atoms with E-state index in [1.807, 2.05) is 6.07 Å². The number of benzene rings is 2. The van der Waals surface area contributed by atoms with Crippen molar-refractivity contribution >= 4 is 49.9 Å². The number of hydrogen-bond donors (Lipinski definition) is 1. The summed E-state index contributed by atoms with van der Waals surface area (Å²) in [5, 5.41) is 0.373. The summed E-state index contributed by atoms with van der Waals surface area (Å²) in [4.78, 5) is 0.255. The molecular formula is C13H11ClINO2S. The van der Waals surface area contributed by atoms with E-state index in [-0.39, 0.29) is 4.90 Å². The third-order valence-electron chi connectivity index (χ3n) is 2.56. The molecule has 2 aromatic carbocycles. The maximum Gasteiger partial charge on any atom is 0.262 e. The van der Waals surface area contributed by atoms with Crippen molar-refractivity contribution in [2.45, 2.75) is 11.8 Å². The fourth-order valence-corrected chi connectivity index (χ4v) is 3.66. The quantitative estimate of drug-likeness (QED) is 0.780. The van der Waals surface area contributed by atoms with Crippen LogP contribution in [0, 0.1) is 10.5 Å². The number of anilines is 1. The van der Waals surface area contributed by atoms with Crippen LogP contribution in [-0.2, 0) is 10.0 Å². The number of sulfonamides is 1. The van der Waals surface area contributed by atoms with E-state index in [2.05, 4.69) is 27.3 Å². The number of nitrogens with one attached hydrogen (secondary N) is 1. The smallest absolute Gasteiger partial charge is 0.262 e. The minimum absolute atomic E-state index is 0.255. The average molecular weight is 408 g/mol. The van der Waals surface area contributed by atoms with E-state index in [4.69, 9.17) is 11.6 Å². The zero-order valence-electron chi connectivity index (χ0n) is 10.0. The van der Waals surface area contributed by atoms with Gasteiger partial charge in [0.1, 0.15) is 0 Å². The highest BCUT2D eigenvalue weighted by Crippen LogP contribution is 2.27. The van der Waals surface area contributed by atoms with Crippen molar-refractivity contribution in [1.29, 1.82) is 0 Å². The average Bonchev–Trinajstić information content (AvgIpc) is 2.34. The second kappa shape index (κ2) is 5.68. The van der Waals surface area contributed by atoms with Gasteiger partial charge in [-0.15, -0.1) is 0 Å². The molecule has 100 valence electrons. The minimum atomic E-state index is -3.62. The van der Waals surface area contributed by atoms with Crippen molar-refractivity contribution in [3.05, 3.63) is 56.6 Å². The first kappa shape index (κ1) is 14.6. The Morgan fingerprint density at radius 2 is 1.84 bits per heavy atom. The van der Waals surface area contributed by atoms with Crippen molar-refractivity contribution < 1.29 is 8.42 Å². The molecule has 0 aliphatic rings. The molecule has 0 saturated carbocycles. The Balaban J connectivity index is 2.43. The molecule has 0 amide bonds. The van der Waals surface area contributed by atoms with Gasteiger partial charge in [-0.2, -0.15) is 0 Å². The van der Waals surface area contributed by atoms with Gasteiger partial charge in [-0.05, 0) is 59.3 Å². The lowest BCUT2D eigenvalue weighted by Gasteiger charge is -2.11. The standard InChI is InChI=1S/C13H11ClINO2S/c1-9-4-2-3-5-13(9)19(17,18)16-12-8-10(15)6-7-11(12)14/h2-8,16H,1H3. The monoisotopic (exact) mass is 407 g/mol. The molecule has 0 spiro atoms. The summed E-state index contributed by atoms with van der Waals surface area (Å²) in [6.07, 6.45) is 0. The van der Waals surface area contributed by atoms with E-state index in [9.17, 15) is 8.42 Å². The zero-order chi connectivity index (χ0) is 14.0. The highest BCUT2D eigenvalue weighted by Gasteiger charge is 2.17. The molecular weight excluding hydrogens is 397 g/mol. The van der Waals surface area contributed by atoms with Crippen LogP contribution in [0.4, 0.5) is 5.69 Å². The van der Waals surface area contributed by atoms with Gasteiger partial charge in [0.15, 0.2) is 0 Å². The molecule has 0 heterocycles. The second-order valence-electron chi connectivity index (χ2n) is 4.00. The molecule has 0 fully saturated rings. The van der Waals surface area contributed by atoms with E-state index in [1.165, 1.54) is 0 Å². The van der Waals surface area contributed by atoms with E-state index in [1.54, 1.807) is 43.3 Å². The van der Waals surface area contributed by atoms with Gasteiger partial charge >= 0.3 is 0 Å². The molecule has 3 nitrogen and oxygen atoms in total. The Kier molecular flexibility index (Phi) is 4.37. The summed E-state index contributed by atoms with van der Waals surface area (Å²) in [6.45, 7) is 1.75. The lowest BCUT2D eigenvalue weighted by Crippen LogP contribution is -2.14. The molecule has 0 unspecified atom stereocenters. The first-order chi connectivity index (χ1) is 8.90. The number of halogens is 2. The lowest BCUT2D eigenvalue weighted by atomic mass is 10.2. The maximum absolute atomic E-state index is 12.3. The summed E-state index contributed by atoms with van der Waals surface area (Å²) < 4.78 is 28.1. The summed E-state index contributed by atoms with van der Waals surface area (Å²) in [5.41, 5.74) is 1.08. The summed E-state index contributed by atoms with van der Waals surface area (Å²) >= 11 is 8.10. The van der Waals surface area contributed by atoms with Crippen molar-refractivity contribution in [1.82, 2.24) is 0 Å². The van der Waals surface area contributed by atoms with Gasteiger partial charge in [-0.25, -0.2) is 8.42 Å². The van der Waals surface area contributed by atoms with Crippen LogP contribution < -0.4 is 4.72 Å². The first-order valence-electron chi connectivity index (χ1n) is 5.43. The van der Waals surface area contributed by atoms with Crippen molar-refractivity contribution in [2.24, 2.45) is 0 Å². The van der Waals surface area contributed by atoms with Gasteiger partial charge < -0.3 is 0 Å². The molecule has 2 aromatic rings. The summed E-state index contributed by atoms with van der Waals surface area (Å²) in [5.74, 6) is 0. The molecule has 6 heteroatoms. The number of hydrogen-bond acceptors (Lipinski definition) is 2. The summed E-state index contributed by atoms with van der Waals surface area (Å²) in [7, 11) is -3.62. The zero-order valence-corrected chi connectivity index (χ0v) is 13.8. The van der Waals surface area contributed by atoms with Gasteiger partial charge in [0.2, 0.25) is 0 Å². The maximum atomic E-state index is 12.3. The van der Waals surface area contributed by atoms with Crippen LogP contribution in [0.1, 0.15) is 5.56 Å². The topological polar surface area (TPSA) is 46.2 Å². The fourth-order valence-electron chi connectivity index (χ4n) is 1.63. The third kappa shape index (κ3) is 3.40. The Morgan fingerprint density at radius 1 is 1.16 bits per heavy atom. The molecule has 0 aliphatic heterocycles. The van der Waals surface area contributed by atoms with Gasteiger partial charge in [0.25, 0.3) is 10.0 Å². The molecule has 1 N–H and O–H groups in total. The predicted octanol–water partition coefficient (Wildman–Crippen LogP) is 4.05. The van der Waals surface area contributed by atoms with Crippen LogP contribution in [0.15, 0.2) is 47.4 Å². The summed E-state index contributed by atoms with van der Waals surface area (Å²) in [6, 6.07) is 12.0. The Labute approximate surface area is 131 Å². The highest BCUT2D eigenvalue weighted by molar-refractivity contribution is 14.1. The van der Waals surface area contributed by atoms with Crippen LogP contribution in [0.25, 0.3) is 0 Å². The van der Waals surface area contributed by atoms with Crippen LogP contribution in [0.5, 0.6) is 0 Å². The van der Waals surface area contributed by atoms with Crippen molar-refractivity contribution in [2.75, 3.05) is 4.72 Å². The fraction of sp³-hybridized carbons (Fsp3) is 0.0769. The van der Waals surface area contributed by atoms with Gasteiger partial charge in [-0.1, -0.05) is 29.8 Å². The largest absolute Gasteiger partial charge is 0.278 e. The van der Waals surface area contributed by atoms with Crippen molar-refractivity contribution in [3.63, 3.8) is 0 Å². The second-order valence-corrected chi connectivity index (χ2v) is 7.30. The van der Waals surface area contributed by atoms with Gasteiger partial charge in [0.05, 0.1) is 15.6 Å². The van der Waals surface area contributed by atoms with Gasteiger partial charge in [-0.3, -0.25) is 4.72 Å². The van der Waals surface area contributed by atoms with E-state index < -0.39 is 10.0 Å². The molecule has 0 radical (unpaired) electrons. The molecule has 0 aliphatic carbocycles. The Morgan fingerprint density at radius 3 is 2.53 bits per heavy atom. The third-order valence-corrected chi connectivity index (χ3v) is 5.08. The molecule has 0 atom stereocenters. The van der Waals surface area contributed by atoms with Crippen LogP contribution in [0.3, 0.4) is 0 Å². The molecule has 19 heavy (non-hydrogen) atoms. The van der Waals surface area contributed by atoms with Crippen LogP contribution in [-0.4, -0.2) is 8.42 Å². The predicted molar refractivity (Wildman–Crippen MR) is 86.2 cm³/mol. The van der Waals surface area contributed by atoms with Crippen molar-refractivity contribution in [3.8, 4) is 0 Å². The Bertz CT molecular complexity index is 716. The molecule has 0 aromatic heterocycles.